The van der Waals surface area contributed by atoms with Crippen LogP contribution in [0.15, 0.2) is 18.2 Å². The Kier molecular flexibility index (Phi) is 7.17. The maximum atomic E-state index is 14.1. The van der Waals surface area contributed by atoms with Gasteiger partial charge in [-0.15, -0.1) is 0 Å². The number of carbonyl (C=O) groups excluding carboxylic acids is 2. The van der Waals surface area contributed by atoms with Gasteiger partial charge in [0.05, 0.1) is 11.4 Å². The number of likely N-dealkylation sites (N-methyl/N-ethyl adjacent to an activating group) is 1. The molecule has 0 heterocycles. The molecule has 0 aliphatic rings. The summed E-state index contributed by atoms with van der Waals surface area (Å²) in [6.45, 7) is 6.58. The van der Waals surface area contributed by atoms with E-state index in [1.807, 2.05) is 19.0 Å². The van der Waals surface area contributed by atoms with Crippen LogP contribution in [0, 0.1) is 11.2 Å². The zero-order valence-corrected chi connectivity index (χ0v) is 15.4. The number of nitrogens with one attached hydrogen (secondary N) is 3. The van der Waals surface area contributed by atoms with Crippen molar-refractivity contribution in [3.05, 3.63) is 24.0 Å². The van der Waals surface area contributed by atoms with Crippen molar-refractivity contribution in [2.45, 2.75) is 26.8 Å². The number of para-hydroxylation sites is 1. The van der Waals surface area contributed by atoms with E-state index < -0.39 is 29.2 Å². The average Bonchev–Trinajstić information content (AvgIpc) is 2.45. The lowest BCUT2D eigenvalue weighted by Gasteiger charge is -2.28. The molecule has 0 fully saturated rings. The minimum Gasteiger partial charge on any atom is -0.380 e. The molecule has 0 aliphatic carbocycles. The van der Waals surface area contributed by atoms with E-state index in [2.05, 4.69) is 16.0 Å². The first-order valence-electron chi connectivity index (χ1n) is 8.06. The Balaban J connectivity index is 2.86. The molecule has 0 radical (unpaired) electrons. The lowest BCUT2D eigenvalue weighted by atomic mass is 9.86. The summed E-state index contributed by atoms with van der Waals surface area (Å²) in [5, 5.41) is 8.09. The molecule has 1 rings (SSSR count). The van der Waals surface area contributed by atoms with Gasteiger partial charge >= 0.3 is 6.03 Å². The fraction of sp³-hybridized carbons (Fsp3) is 0.529. The van der Waals surface area contributed by atoms with Gasteiger partial charge in [0, 0.05) is 13.1 Å². The zero-order valence-electron chi connectivity index (χ0n) is 15.4. The normalized spacial score (nSPS) is 12.6. The van der Waals surface area contributed by atoms with Gasteiger partial charge in [-0.2, -0.15) is 0 Å². The van der Waals surface area contributed by atoms with Crippen LogP contribution in [0.4, 0.5) is 20.6 Å². The molecule has 0 saturated heterocycles. The van der Waals surface area contributed by atoms with E-state index in [0.29, 0.717) is 13.1 Å². The Labute approximate surface area is 148 Å². The van der Waals surface area contributed by atoms with E-state index >= 15 is 0 Å². The van der Waals surface area contributed by atoms with Crippen LogP contribution >= 0.6 is 0 Å². The van der Waals surface area contributed by atoms with E-state index in [4.69, 9.17) is 5.73 Å². The molecular weight excluding hydrogens is 325 g/mol. The van der Waals surface area contributed by atoms with Gasteiger partial charge in [-0.05, 0) is 31.6 Å². The standard InChI is InChI=1S/C17H28FN5O2/c1-17(2,3)14(15(19)24)22-16(25)21-12-8-6-7-11(18)13(12)20-9-10-23(4)5/h6-8,14,20H,9-10H2,1-5H3,(H2,19,24)(H2,21,22,25)/t14-/m1/s1. The molecule has 25 heavy (non-hydrogen) atoms. The van der Waals surface area contributed by atoms with Crippen LogP contribution in [0.2, 0.25) is 0 Å². The number of hydrogen-bond donors (Lipinski definition) is 4. The summed E-state index contributed by atoms with van der Waals surface area (Å²) in [6, 6.07) is 2.91. The lowest BCUT2D eigenvalue weighted by molar-refractivity contribution is -0.122. The molecule has 5 N–H and O–H groups in total. The number of anilines is 2. The van der Waals surface area contributed by atoms with E-state index in [9.17, 15) is 14.0 Å². The summed E-state index contributed by atoms with van der Waals surface area (Å²) in [4.78, 5) is 25.7. The Morgan fingerprint density at radius 2 is 1.92 bits per heavy atom. The maximum Gasteiger partial charge on any atom is 0.319 e. The fourth-order valence-corrected chi connectivity index (χ4v) is 2.22. The van der Waals surface area contributed by atoms with Crippen molar-refractivity contribution in [3.8, 4) is 0 Å². The first-order valence-corrected chi connectivity index (χ1v) is 8.06. The van der Waals surface area contributed by atoms with Crippen LogP contribution in [0.25, 0.3) is 0 Å². The number of amides is 3. The van der Waals surface area contributed by atoms with Crippen molar-refractivity contribution in [1.29, 1.82) is 0 Å². The second-order valence-electron chi connectivity index (χ2n) is 7.19. The third-order valence-electron chi connectivity index (χ3n) is 3.55. The van der Waals surface area contributed by atoms with Crippen LogP contribution < -0.4 is 21.7 Å². The zero-order chi connectivity index (χ0) is 19.2. The van der Waals surface area contributed by atoms with Crippen LogP contribution in [-0.2, 0) is 4.79 Å². The lowest BCUT2D eigenvalue weighted by Crippen LogP contribution is -2.53. The van der Waals surface area contributed by atoms with E-state index in [1.54, 1.807) is 26.8 Å². The van der Waals surface area contributed by atoms with Crippen molar-refractivity contribution in [2.75, 3.05) is 37.8 Å². The number of hydrogen-bond acceptors (Lipinski definition) is 4. The number of nitrogens with two attached hydrogens (primary N) is 1. The monoisotopic (exact) mass is 353 g/mol. The van der Waals surface area contributed by atoms with Gasteiger partial charge in [-0.1, -0.05) is 26.8 Å². The Bertz CT molecular complexity index is 614. The molecule has 1 aromatic rings. The topological polar surface area (TPSA) is 99.5 Å². The summed E-state index contributed by atoms with van der Waals surface area (Å²) in [7, 11) is 3.82. The van der Waals surface area contributed by atoms with Crippen molar-refractivity contribution in [3.63, 3.8) is 0 Å². The molecular formula is C17H28FN5O2. The third-order valence-corrected chi connectivity index (χ3v) is 3.55. The average molecular weight is 353 g/mol. The molecule has 0 bridgehead atoms. The van der Waals surface area contributed by atoms with Gasteiger partial charge in [-0.3, -0.25) is 4.79 Å². The molecule has 1 atom stereocenters. The number of benzene rings is 1. The predicted molar refractivity (Wildman–Crippen MR) is 98.0 cm³/mol. The molecule has 0 spiro atoms. The number of primary amides is 1. The molecule has 3 amide bonds. The highest BCUT2D eigenvalue weighted by molar-refractivity contribution is 5.96. The van der Waals surface area contributed by atoms with Gasteiger partial charge in [0.1, 0.15) is 11.9 Å². The van der Waals surface area contributed by atoms with E-state index in [1.165, 1.54) is 12.1 Å². The highest BCUT2D eigenvalue weighted by atomic mass is 19.1. The number of nitrogens with zero attached hydrogens (tertiary/aromatic N) is 1. The Morgan fingerprint density at radius 3 is 2.44 bits per heavy atom. The Hall–Kier alpha value is -2.35. The smallest absolute Gasteiger partial charge is 0.319 e. The molecule has 8 heteroatoms. The van der Waals surface area contributed by atoms with E-state index in [-0.39, 0.29) is 11.4 Å². The van der Waals surface area contributed by atoms with Crippen molar-refractivity contribution in [2.24, 2.45) is 11.1 Å². The predicted octanol–water partition coefficient (Wildman–Crippen LogP) is 1.82. The molecule has 0 aromatic heterocycles. The van der Waals surface area contributed by atoms with Gasteiger partial charge in [0.25, 0.3) is 0 Å². The minimum atomic E-state index is -0.855. The number of carbonyl (C=O) groups is 2. The van der Waals surface area contributed by atoms with Gasteiger partial charge < -0.3 is 26.6 Å². The first-order chi connectivity index (χ1) is 11.5. The summed E-state index contributed by atoms with van der Waals surface area (Å²) >= 11 is 0. The van der Waals surface area contributed by atoms with Gasteiger partial charge in [0.2, 0.25) is 5.91 Å². The third kappa shape index (κ3) is 6.58. The van der Waals surface area contributed by atoms with Gasteiger partial charge in [0.15, 0.2) is 0 Å². The molecule has 140 valence electrons. The highest BCUT2D eigenvalue weighted by Gasteiger charge is 2.31. The second kappa shape index (κ2) is 8.66. The molecule has 0 aliphatic heterocycles. The summed E-state index contributed by atoms with van der Waals surface area (Å²) in [5.74, 6) is -1.11. The summed E-state index contributed by atoms with van der Waals surface area (Å²) < 4.78 is 14.1. The number of halogens is 1. The molecule has 1 aromatic carbocycles. The molecule has 0 saturated carbocycles. The van der Waals surface area contributed by atoms with Crippen molar-refractivity contribution >= 4 is 23.3 Å². The van der Waals surface area contributed by atoms with Gasteiger partial charge in [-0.25, -0.2) is 9.18 Å². The minimum absolute atomic E-state index is 0.200. The quantitative estimate of drug-likeness (QED) is 0.601. The Morgan fingerprint density at radius 1 is 1.28 bits per heavy atom. The second-order valence-corrected chi connectivity index (χ2v) is 7.19. The van der Waals surface area contributed by atoms with Crippen LogP contribution in [0.5, 0.6) is 0 Å². The van der Waals surface area contributed by atoms with Crippen LogP contribution in [0.1, 0.15) is 20.8 Å². The van der Waals surface area contributed by atoms with Crippen LogP contribution in [-0.4, -0.2) is 50.1 Å². The maximum absolute atomic E-state index is 14.1. The largest absolute Gasteiger partial charge is 0.380 e. The first kappa shape index (κ1) is 20.7. The number of urea groups is 1. The highest BCUT2D eigenvalue weighted by Crippen LogP contribution is 2.25. The van der Waals surface area contributed by atoms with E-state index in [0.717, 1.165) is 0 Å². The van der Waals surface area contributed by atoms with Crippen LogP contribution in [0.3, 0.4) is 0 Å². The fourth-order valence-electron chi connectivity index (χ4n) is 2.22. The summed E-state index contributed by atoms with van der Waals surface area (Å²) in [6.07, 6.45) is 0. The van der Waals surface area contributed by atoms with Crippen molar-refractivity contribution < 1.29 is 14.0 Å². The van der Waals surface area contributed by atoms with Crippen molar-refractivity contribution in [1.82, 2.24) is 10.2 Å². The summed E-state index contributed by atoms with van der Waals surface area (Å²) in [5.41, 5.74) is 5.30. The molecule has 0 unspecified atom stereocenters. The number of rotatable bonds is 7. The molecule has 7 nitrogen and oxygen atoms in total. The SMILES string of the molecule is CN(C)CCNc1c(F)cccc1NC(=O)N[C@H](C(N)=O)C(C)(C)C.